The van der Waals surface area contributed by atoms with Crippen LogP contribution in [0.3, 0.4) is 0 Å². The van der Waals surface area contributed by atoms with Gasteiger partial charge in [-0.15, -0.1) is 0 Å². The first-order valence-electron chi connectivity index (χ1n) is 10.4. The number of fused-ring (bicyclic) bond motifs is 1. The molecule has 6 nitrogen and oxygen atoms in total. The van der Waals surface area contributed by atoms with Gasteiger partial charge in [-0.05, 0) is 50.0 Å². The molecule has 2 aliphatic rings. The quantitative estimate of drug-likeness (QED) is 0.732. The van der Waals surface area contributed by atoms with Crippen LogP contribution in [0.1, 0.15) is 57.3 Å². The lowest BCUT2D eigenvalue weighted by Gasteiger charge is -2.42. The van der Waals surface area contributed by atoms with Crippen LogP contribution < -0.4 is 9.47 Å². The molecule has 0 amide bonds. The number of ether oxygens (including phenoxy) is 3. The van der Waals surface area contributed by atoms with Gasteiger partial charge in [0.1, 0.15) is 6.10 Å². The van der Waals surface area contributed by atoms with E-state index < -0.39 is 29.0 Å². The van der Waals surface area contributed by atoms with E-state index in [-0.39, 0.29) is 11.7 Å². The predicted molar refractivity (Wildman–Crippen MR) is 113 cm³/mol. The minimum atomic E-state index is -1.08. The number of esters is 1. The van der Waals surface area contributed by atoms with Gasteiger partial charge in [0.25, 0.3) is 0 Å². The first kappa shape index (κ1) is 22.3. The second kappa shape index (κ2) is 8.06. The topological polar surface area (TPSA) is 82.1 Å². The zero-order chi connectivity index (χ0) is 22.3. The highest BCUT2D eigenvalue weighted by atomic mass is 16.5. The molecular weight excluding hydrogens is 384 g/mol. The molecule has 1 N–H and O–H groups in total. The monoisotopic (exact) mass is 416 g/mol. The number of hydrogen-bond donors (Lipinski definition) is 1. The Morgan fingerprint density at radius 3 is 2.43 bits per heavy atom. The summed E-state index contributed by atoms with van der Waals surface area (Å²) in [5.74, 6) is -0.100. The van der Waals surface area contributed by atoms with Crippen LogP contribution in [0.25, 0.3) is 0 Å². The largest absolute Gasteiger partial charge is 0.493 e. The number of hydrogen-bond acceptors (Lipinski definition) is 6. The van der Waals surface area contributed by atoms with Crippen LogP contribution >= 0.6 is 0 Å². The van der Waals surface area contributed by atoms with Crippen molar-refractivity contribution in [2.45, 2.75) is 58.7 Å². The van der Waals surface area contributed by atoms with Crippen LogP contribution in [0.2, 0.25) is 0 Å². The Morgan fingerprint density at radius 1 is 1.17 bits per heavy atom. The molecular formula is C24H32O6. The first-order valence-corrected chi connectivity index (χ1v) is 10.4. The third-order valence-corrected chi connectivity index (χ3v) is 6.98. The molecule has 0 radical (unpaired) electrons. The lowest BCUT2D eigenvalue weighted by atomic mass is 9.67. The van der Waals surface area contributed by atoms with Gasteiger partial charge in [-0.2, -0.15) is 0 Å². The molecule has 1 saturated carbocycles. The van der Waals surface area contributed by atoms with Crippen LogP contribution in [0.5, 0.6) is 11.5 Å². The van der Waals surface area contributed by atoms with Crippen molar-refractivity contribution in [3.8, 4) is 11.5 Å². The molecule has 0 heterocycles. The van der Waals surface area contributed by atoms with E-state index in [1.54, 1.807) is 24.3 Å². The molecule has 0 aliphatic heterocycles. The smallest absolute Gasteiger partial charge is 0.338 e. The zero-order valence-electron chi connectivity index (χ0n) is 18.7. The van der Waals surface area contributed by atoms with Crippen molar-refractivity contribution in [1.82, 2.24) is 0 Å². The molecule has 0 saturated heterocycles. The fourth-order valence-electron chi connectivity index (χ4n) is 5.14. The molecule has 4 atom stereocenters. The van der Waals surface area contributed by atoms with Crippen molar-refractivity contribution in [1.29, 1.82) is 0 Å². The number of rotatable bonds is 5. The lowest BCUT2D eigenvalue weighted by Crippen LogP contribution is -2.51. The average Bonchev–Trinajstić information content (AvgIpc) is 2.95. The van der Waals surface area contributed by atoms with Crippen molar-refractivity contribution in [3.63, 3.8) is 0 Å². The zero-order valence-corrected chi connectivity index (χ0v) is 18.7. The highest BCUT2D eigenvalue weighted by molar-refractivity contribution is 5.96. The molecule has 6 heteroatoms. The summed E-state index contributed by atoms with van der Waals surface area (Å²) < 4.78 is 16.5. The molecule has 30 heavy (non-hydrogen) atoms. The normalized spacial score (nSPS) is 31.1. The van der Waals surface area contributed by atoms with Gasteiger partial charge in [-0.25, -0.2) is 4.79 Å². The van der Waals surface area contributed by atoms with Gasteiger partial charge >= 0.3 is 5.97 Å². The number of aliphatic hydroxyl groups is 1. The molecule has 0 aromatic heterocycles. The van der Waals surface area contributed by atoms with E-state index in [1.165, 1.54) is 14.2 Å². The van der Waals surface area contributed by atoms with E-state index in [0.29, 0.717) is 36.3 Å². The van der Waals surface area contributed by atoms with Gasteiger partial charge in [0.2, 0.25) is 0 Å². The maximum Gasteiger partial charge on any atom is 0.338 e. The van der Waals surface area contributed by atoms with Crippen LogP contribution in [0, 0.1) is 17.3 Å². The Hall–Kier alpha value is -2.34. The first-order chi connectivity index (χ1) is 14.1. The summed E-state index contributed by atoms with van der Waals surface area (Å²) in [5.41, 5.74) is -0.658. The van der Waals surface area contributed by atoms with Gasteiger partial charge in [0.05, 0.1) is 25.4 Å². The van der Waals surface area contributed by atoms with Gasteiger partial charge in [0, 0.05) is 17.8 Å². The van der Waals surface area contributed by atoms with Crippen molar-refractivity contribution < 1.29 is 28.9 Å². The molecule has 164 valence electrons. The number of methoxy groups -OCH3 is 2. The predicted octanol–water partition coefficient (Wildman–Crippen LogP) is 3.95. The van der Waals surface area contributed by atoms with E-state index >= 15 is 0 Å². The number of carbonyl (C=O) groups excluding carboxylic acids is 2. The fraction of sp³-hybridized carbons (Fsp3) is 0.583. The van der Waals surface area contributed by atoms with E-state index in [9.17, 15) is 14.7 Å². The van der Waals surface area contributed by atoms with Gasteiger partial charge in [0.15, 0.2) is 17.3 Å². The third kappa shape index (κ3) is 3.62. The highest BCUT2D eigenvalue weighted by Crippen LogP contribution is 2.56. The van der Waals surface area contributed by atoms with Crippen molar-refractivity contribution in [2.24, 2.45) is 17.3 Å². The van der Waals surface area contributed by atoms with Crippen molar-refractivity contribution in [3.05, 3.63) is 35.4 Å². The van der Waals surface area contributed by atoms with E-state index in [2.05, 4.69) is 0 Å². The summed E-state index contributed by atoms with van der Waals surface area (Å²) in [5, 5.41) is 11.6. The maximum absolute atomic E-state index is 13.1. The SMILES string of the molecule is COc1ccc(C(=O)O[C@H]2CC(C)=CC(=O)[C@@]3(C)CC[C@@](O)(C(C)C)[C@H]23)cc1OC. The Kier molecular flexibility index (Phi) is 6.01. The average molecular weight is 417 g/mol. The van der Waals surface area contributed by atoms with Crippen LogP contribution in [0.4, 0.5) is 0 Å². The van der Waals surface area contributed by atoms with E-state index in [0.717, 1.165) is 5.57 Å². The van der Waals surface area contributed by atoms with Crippen LogP contribution in [-0.4, -0.2) is 42.8 Å². The second-order valence-electron chi connectivity index (χ2n) is 9.11. The minimum absolute atomic E-state index is 0.00578. The van der Waals surface area contributed by atoms with Crippen LogP contribution in [-0.2, 0) is 9.53 Å². The summed E-state index contributed by atoms with van der Waals surface area (Å²) in [7, 11) is 3.03. The second-order valence-corrected chi connectivity index (χ2v) is 9.11. The molecule has 0 spiro atoms. The fourth-order valence-corrected chi connectivity index (χ4v) is 5.14. The van der Waals surface area contributed by atoms with Gasteiger partial charge in [-0.1, -0.05) is 26.3 Å². The molecule has 2 aliphatic carbocycles. The Balaban J connectivity index is 1.97. The molecule has 1 aromatic rings. The van der Waals surface area contributed by atoms with E-state index in [1.807, 2.05) is 27.7 Å². The Labute approximate surface area is 178 Å². The molecule has 1 aromatic carbocycles. The number of ketones is 1. The van der Waals surface area contributed by atoms with E-state index in [4.69, 9.17) is 14.2 Å². The van der Waals surface area contributed by atoms with Gasteiger partial charge < -0.3 is 19.3 Å². The lowest BCUT2D eigenvalue weighted by molar-refractivity contribution is -0.140. The molecule has 0 bridgehead atoms. The minimum Gasteiger partial charge on any atom is -0.493 e. The Morgan fingerprint density at radius 2 is 1.83 bits per heavy atom. The van der Waals surface area contributed by atoms with Crippen molar-refractivity contribution >= 4 is 11.8 Å². The number of benzene rings is 1. The standard InChI is InChI=1S/C24H32O6/c1-14(2)24(27)10-9-23(4)20(25)12-15(3)11-19(21(23)24)30-22(26)16-7-8-17(28-5)18(13-16)29-6/h7-8,12-14,19,21,27H,9-11H2,1-6H3/t19-,21+,23+,24+/m0/s1. The summed E-state index contributed by atoms with van der Waals surface area (Å²) in [6, 6.07) is 4.85. The maximum atomic E-state index is 13.1. The molecule has 3 rings (SSSR count). The molecule has 0 unspecified atom stereocenters. The summed E-state index contributed by atoms with van der Waals surface area (Å²) >= 11 is 0. The van der Waals surface area contributed by atoms with Crippen molar-refractivity contribution in [2.75, 3.05) is 14.2 Å². The molecule has 1 fully saturated rings. The third-order valence-electron chi connectivity index (χ3n) is 6.98. The van der Waals surface area contributed by atoms with Crippen LogP contribution in [0.15, 0.2) is 29.8 Å². The highest BCUT2D eigenvalue weighted by Gasteiger charge is 2.62. The Bertz CT molecular complexity index is 872. The summed E-state index contributed by atoms with van der Waals surface area (Å²) in [6.45, 7) is 7.67. The number of allylic oxidation sites excluding steroid dienone is 1. The summed E-state index contributed by atoms with van der Waals surface area (Å²) in [6.07, 6.45) is 2.55. The van der Waals surface area contributed by atoms with Gasteiger partial charge in [-0.3, -0.25) is 4.79 Å². The summed E-state index contributed by atoms with van der Waals surface area (Å²) in [4.78, 5) is 26.1. The number of carbonyl (C=O) groups is 2.